The molecule has 0 unspecified atom stereocenters. The highest BCUT2D eigenvalue weighted by Crippen LogP contribution is 2.40. The van der Waals surface area contributed by atoms with Crippen molar-refractivity contribution in [3.8, 4) is 22.5 Å². The molecule has 3 aromatic rings. The smallest absolute Gasteiger partial charge is 0.227 e. The van der Waals surface area contributed by atoms with Crippen LogP contribution in [0, 0.1) is 0 Å². The molecule has 11 nitrogen and oxygen atoms in total. The monoisotopic (exact) mass is 620 g/mol. The van der Waals surface area contributed by atoms with Crippen molar-refractivity contribution in [2.24, 2.45) is 7.05 Å². The molecule has 0 radical (unpaired) electrons. The number of carbonyl (C=O) groups excluding carboxylic acids is 3. The highest BCUT2D eigenvalue weighted by atomic mass is 16.6. The number of anilines is 1. The lowest BCUT2D eigenvalue weighted by molar-refractivity contribution is -0.124. The Hall–Kier alpha value is -3.77. The Bertz CT molecular complexity index is 1410. The van der Waals surface area contributed by atoms with Crippen molar-refractivity contribution in [2.45, 2.75) is 52.0 Å². The van der Waals surface area contributed by atoms with Gasteiger partial charge in [0.1, 0.15) is 23.0 Å². The lowest BCUT2D eigenvalue weighted by Crippen LogP contribution is -2.32. The van der Waals surface area contributed by atoms with E-state index in [0.29, 0.717) is 85.1 Å². The van der Waals surface area contributed by atoms with E-state index in [1.165, 1.54) is 0 Å². The number of rotatable bonds is 20. The third-order valence-corrected chi connectivity index (χ3v) is 7.46. The Morgan fingerprint density at radius 2 is 1.24 bits per heavy atom. The van der Waals surface area contributed by atoms with E-state index in [2.05, 4.69) is 10.2 Å². The lowest BCUT2D eigenvalue weighted by Gasteiger charge is -2.28. The zero-order valence-electron chi connectivity index (χ0n) is 26.4. The van der Waals surface area contributed by atoms with Crippen LogP contribution in [0.3, 0.4) is 0 Å². The summed E-state index contributed by atoms with van der Waals surface area (Å²) in [7, 11) is 1.79. The average Bonchev–Trinajstić information content (AvgIpc) is 3.44. The molecule has 2 aromatic carbocycles. The Morgan fingerprint density at radius 1 is 0.667 bits per heavy atom. The fourth-order valence-electron chi connectivity index (χ4n) is 5.05. The summed E-state index contributed by atoms with van der Waals surface area (Å²) < 4.78 is 21.8. The van der Waals surface area contributed by atoms with Gasteiger partial charge < -0.3 is 23.8 Å². The molecule has 2 heterocycles. The number of benzene rings is 2. The van der Waals surface area contributed by atoms with Crippen molar-refractivity contribution in [1.29, 1.82) is 0 Å². The van der Waals surface area contributed by atoms with Gasteiger partial charge in [-0.15, -0.1) is 0 Å². The van der Waals surface area contributed by atoms with Gasteiger partial charge in [0.25, 0.3) is 0 Å². The Kier molecular flexibility index (Phi) is 13.8. The van der Waals surface area contributed by atoms with Crippen LogP contribution in [0.4, 0.5) is 5.69 Å². The summed E-state index contributed by atoms with van der Waals surface area (Å²) in [6, 6.07) is 15.6. The van der Waals surface area contributed by atoms with Gasteiger partial charge in [0, 0.05) is 56.9 Å². The summed E-state index contributed by atoms with van der Waals surface area (Å²) in [5.41, 5.74) is 5.05. The van der Waals surface area contributed by atoms with Crippen LogP contribution in [-0.2, 0) is 46.9 Å². The van der Waals surface area contributed by atoms with Crippen LogP contribution in [0.5, 0.6) is 0 Å². The lowest BCUT2D eigenvalue weighted by atomic mass is 9.95. The summed E-state index contributed by atoms with van der Waals surface area (Å²) in [5.74, 6) is 0.135. The SMILES string of the molecule is CCC(=O)CCOCCOCCOCCOCCCC(=O)CCC(=O)N1Cc2ccccc2-c2nn(C)nc2-c2ccccc21. The van der Waals surface area contributed by atoms with Crippen molar-refractivity contribution >= 4 is 23.2 Å². The molecule has 4 rings (SSSR count). The number of hydrogen-bond donors (Lipinski definition) is 0. The van der Waals surface area contributed by atoms with E-state index in [1.54, 1.807) is 16.7 Å². The number of fused-ring (bicyclic) bond motifs is 5. The molecule has 0 N–H and O–H groups in total. The van der Waals surface area contributed by atoms with Gasteiger partial charge in [0.2, 0.25) is 5.91 Å². The van der Waals surface area contributed by atoms with E-state index in [-0.39, 0.29) is 30.3 Å². The number of aryl methyl sites for hydroxylation is 1. The molecule has 0 aliphatic carbocycles. The fourth-order valence-corrected chi connectivity index (χ4v) is 5.05. The summed E-state index contributed by atoms with van der Waals surface area (Å²) >= 11 is 0. The highest BCUT2D eigenvalue weighted by Gasteiger charge is 2.28. The maximum absolute atomic E-state index is 13.6. The first kappa shape index (κ1) is 34.1. The number of aromatic nitrogens is 3. The van der Waals surface area contributed by atoms with Crippen molar-refractivity contribution < 1.29 is 33.3 Å². The van der Waals surface area contributed by atoms with Crippen LogP contribution >= 0.6 is 0 Å². The number of carbonyl (C=O) groups is 3. The van der Waals surface area contributed by atoms with Gasteiger partial charge in [-0.25, -0.2) is 0 Å². The largest absolute Gasteiger partial charge is 0.379 e. The molecule has 0 atom stereocenters. The van der Waals surface area contributed by atoms with Gasteiger partial charge in [-0.3, -0.25) is 14.4 Å². The summed E-state index contributed by atoms with van der Waals surface area (Å²) in [4.78, 5) is 40.7. The molecular formula is C34H44N4O7. The van der Waals surface area contributed by atoms with Crippen molar-refractivity contribution in [1.82, 2.24) is 15.0 Å². The predicted molar refractivity (Wildman–Crippen MR) is 170 cm³/mol. The van der Waals surface area contributed by atoms with Crippen LogP contribution < -0.4 is 4.90 Å². The molecule has 0 saturated carbocycles. The number of amides is 1. The molecule has 1 amide bonds. The van der Waals surface area contributed by atoms with Gasteiger partial charge >= 0.3 is 0 Å². The number of ether oxygens (including phenoxy) is 4. The average molecular weight is 621 g/mol. The van der Waals surface area contributed by atoms with Crippen LogP contribution in [0.1, 0.15) is 51.0 Å². The molecule has 11 heteroatoms. The van der Waals surface area contributed by atoms with E-state index >= 15 is 0 Å². The minimum atomic E-state index is -0.105. The second-order valence-corrected chi connectivity index (χ2v) is 10.8. The van der Waals surface area contributed by atoms with Gasteiger partial charge in [-0.2, -0.15) is 15.0 Å². The minimum Gasteiger partial charge on any atom is -0.379 e. The maximum atomic E-state index is 13.6. The topological polar surface area (TPSA) is 122 Å². The first-order chi connectivity index (χ1) is 22.0. The summed E-state index contributed by atoms with van der Waals surface area (Å²) in [6.07, 6.45) is 2.25. The fraction of sp³-hybridized carbons (Fsp3) is 0.500. The third-order valence-electron chi connectivity index (χ3n) is 7.46. The predicted octanol–water partition coefficient (Wildman–Crippen LogP) is 4.56. The van der Waals surface area contributed by atoms with Gasteiger partial charge in [-0.05, 0) is 18.1 Å². The normalized spacial score (nSPS) is 12.2. The first-order valence-electron chi connectivity index (χ1n) is 15.7. The standard InChI is InChI=1S/C34H44N4O7/c1-3-27(39)16-18-43-20-22-45-24-23-44-21-19-42-17-8-10-28(40)14-15-32(41)38-25-26-9-4-5-11-29(26)33-34(36-37(2)35-33)30-12-6-7-13-31(30)38/h4-7,9,11-13H,3,8,10,14-25H2,1-2H3. The zero-order chi connectivity index (χ0) is 31.9. The van der Waals surface area contributed by atoms with Crippen molar-refractivity contribution in [2.75, 3.05) is 57.8 Å². The number of Topliss-reactive ketones (excluding diaryl/α,β-unsaturated/α-hetero) is 2. The number of ketones is 2. The molecule has 0 bridgehead atoms. The second-order valence-electron chi connectivity index (χ2n) is 10.8. The molecule has 1 aliphatic heterocycles. The van der Waals surface area contributed by atoms with E-state index in [1.807, 2.05) is 55.5 Å². The molecule has 0 fully saturated rings. The molecule has 1 aromatic heterocycles. The van der Waals surface area contributed by atoms with Crippen molar-refractivity contribution in [3.63, 3.8) is 0 Å². The van der Waals surface area contributed by atoms with Crippen LogP contribution in [0.15, 0.2) is 48.5 Å². The molecule has 242 valence electrons. The van der Waals surface area contributed by atoms with Crippen LogP contribution in [-0.4, -0.2) is 85.3 Å². The number of hydrogen-bond acceptors (Lipinski definition) is 9. The second kappa shape index (κ2) is 18.3. The maximum Gasteiger partial charge on any atom is 0.227 e. The van der Waals surface area contributed by atoms with Crippen molar-refractivity contribution in [3.05, 3.63) is 54.1 Å². The van der Waals surface area contributed by atoms with Gasteiger partial charge in [0.15, 0.2) is 0 Å². The third kappa shape index (κ3) is 10.4. The molecule has 0 saturated heterocycles. The Balaban J connectivity index is 1.12. The van der Waals surface area contributed by atoms with E-state index in [9.17, 15) is 14.4 Å². The summed E-state index contributed by atoms with van der Waals surface area (Å²) in [6.45, 7) is 5.83. The quantitative estimate of drug-likeness (QED) is 0.167. The van der Waals surface area contributed by atoms with Crippen LogP contribution in [0.25, 0.3) is 22.5 Å². The molecule has 1 aliphatic rings. The first-order valence-corrected chi connectivity index (χ1v) is 15.7. The van der Waals surface area contributed by atoms with Gasteiger partial charge in [-0.1, -0.05) is 49.4 Å². The van der Waals surface area contributed by atoms with E-state index in [4.69, 9.17) is 18.9 Å². The Morgan fingerprint density at radius 3 is 1.93 bits per heavy atom. The molecule has 0 spiro atoms. The zero-order valence-corrected chi connectivity index (χ0v) is 26.4. The minimum absolute atomic E-state index is 0.0400. The molecular weight excluding hydrogens is 576 g/mol. The van der Waals surface area contributed by atoms with Gasteiger partial charge in [0.05, 0.1) is 58.5 Å². The van der Waals surface area contributed by atoms with Crippen LogP contribution in [0.2, 0.25) is 0 Å². The molecule has 45 heavy (non-hydrogen) atoms. The van der Waals surface area contributed by atoms with E-state index < -0.39 is 0 Å². The summed E-state index contributed by atoms with van der Waals surface area (Å²) in [5, 5.41) is 9.26. The number of nitrogens with zero attached hydrogens (tertiary/aromatic N) is 4. The Labute approximate surface area is 264 Å². The number of para-hydroxylation sites is 1. The van der Waals surface area contributed by atoms with E-state index in [0.717, 1.165) is 33.8 Å². The highest BCUT2D eigenvalue weighted by molar-refractivity contribution is 6.01.